The number of carbonyl (C=O) groups excluding carboxylic acids is 2. The third-order valence-corrected chi connectivity index (χ3v) is 8.38. The molecule has 2 atom stereocenters. The summed E-state index contributed by atoms with van der Waals surface area (Å²) in [7, 11) is 0. The molecule has 0 saturated heterocycles. The molecule has 174 valence electrons. The van der Waals surface area contributed by atoms with Gasteiger partial charge in [-0.1, -0.05) is 49.6 Å². The van der Waals surface area contributed by atoms with E-state index in [1.807, 2.05) is 36.1 Å². The Morgan fingerprint density at radius 1 is 1.18 bits per heavy atom. The van der Waals surface area contributed by atoms with Crippen molar-refractivity contribution in [3.63, 3.8) is 0 Å². The van der Waals surface area contributed by atoms with Crippen molar-refractivity contribution in [2.24, 2.45) is 0 Å². The van der Waals surface area contributed by atoms with E-state index in [9.17, 15) is 9.59 Å². The van der Waals surface area contributed by atoms with E-state index in [-0.39, 0.29) is 23.9 Å². The van der Waals surface area contributed by atoms with Crippen molar-refractivity contribution >= 4 is 33.4 Å². The van der Waals surface area contributed by atoms with E-state index in [2.05, 4.69) is 40.4 Å². The number of benzene rings is 1. The number of hydrogen-bond donors (Lipinski definition) is 1. The summed E-state index contributed by atoms with van der Waals surface area (Å²) in [5, 5.41) is 5.38. The van der Waals surface area contributed by atoms with E-state index < -0.39 is 5.54 Å². The number of amides is 2. The highest BCUT2D eigenvalue weighted by atomic mass is 32.1. The van der Waals surface area contributed by atoms with Gasteiger partial charge in [-0.15, -0.1) is 11.3 Å². The van der Waals surface area contributed by atoms with Gasteiger partial charge in [0.2, 0.25) is 5.91 Å². The number of rotatable bonds is 6. The van der Waals surface area contributed by atoms with Crippen LogP contribution in [0.1, 0.15) is 68.4 Å². The molecule has 1 aromatic carbocycles. The van der Waals surface area contributed by atoms with Crippen molar-refractivity contribution in [3.05, 3.63) is 59.1 Å². The Morgan fingerprint density at radius 2 is 1.94 bits per heavy atom. The van der Waals surface area contributed by atoms with Gasteiger partial charge in [-0.25, -0.2) is 0 Å². The average molecular weight is 464 g/mol. The van der Waals surface area contributed by atoms with Gasteiger partial charge in [0.05, 0.1) is 16.8 Å². The molecule has 0 bridgehead atoms. The minimum atomic E-state index is -0.925. The largest absolute Gasteiger partial charge is 0.351 e. The lowest BCUT2D eigenvalue weighted by Gasteiger charge is -2.47. The van der Waals surface area contributed by atoms with Crippen LogP contribution in [0.2, 0.25) is 0 Å². The highest BCUT2D eigenvalue weighted by molar-refractivity contribution is 7.17. The van der Waals surface area contributed by atoms with Gasteiger partial charge < -0.3 is 14.8 Å². The fourth-order valence-electron chi connectivity index (χ4n) is 5.66. The van der Waals surface area contributed by atoms with Gasteiger partial charge in [0, 0.05) is 12.1 Å². The molecule has 0 radical (unpaired) electrons. The van der Waals surface area contributed by atoms with Gasteiger partial charge in [-0.3, -0.25) is 9.59 Å². The molecule has 2 aliphatic rings. The Morgan fingerprint density at radius 3 is 2.70 bits per heavy atom. The first-order valence-corrected chi connectivity index (χ1v) is 13.1. The van der Waals surface area contributed by atoms with Crippen molar-refractivity contribution in [3.8, 4) is 0 Å². The first-order valence-electron chi connectivity index (χ1n) is 12.2. The summed E-state index contributed by atoms with van der Waals surface area (Å²) in [6.45, 7) is 4.54. The van der Waals surface area contributed by atoms with E-state index in [1.165, 1.54) is 12.0 Å². The zero-order valence-electron chi connectivity index (χ0n) is 19.5. The van der Waals surface area contributed by atoms with Crippen molar-refractivity contribution < 1.29 is 9.59 Å². The van der Waals surface area contributed by atoms with Gasteiger partial charge in [0.1, 0.15) is 11.2 Å². The minimum Gasteiger partial charge on any atom is -0.351 e. The maximum atomic E-state index is 13.9. The van der Waals surface area contributed by atoms with Crippen molar-refractivity contribution in [2.75, 3.05) is 0 Å². The van der Waals surface area contributed by atoms with Gasteiger partial charge in [-0.05, 0) is 62.6 Å². The van der Waals surface area contributed by atoms with Crippen LogP contribution in [0.15, 0.2) is 47.8 Å². The lowest BCUT2D eigenvalue weighted by atomic mass is 9.89. The summed E-state index contributed by atoms with van der Waals surface area (Å²) in [5.41, 5.74) is 2.08. The second kappa shape index (κ2) is 8.98. The fourth-order valence-corrected chi connectivity index (χ4v) is 6.48. The molecule has 3 heterocycles. The summed E-state index contributed by atoms with van der Waals surface area (Å²) < 4.78 is 3.17. The second-order valence-corrected chi connectivity index (χ2v) is 10.9. The van der Waals surface area contributed by atoms with Crippen LogP contribution in [0, 0.1) is 0 Å². The SMILES string of the molecule is C[C@@H](CCc1ccccc1)N1C(=O)c2cc3sccc3n2C[C@]1(C)C(=O)NC1CCCCC1. The fraction of sp³-hybridized carbons (Fsp3) is 0.481. The quantitative estimate of drug-likeness (QED) is 0.533. The van der Waals surface area contributed by atoms with Gasteiger partial charge in [0.15, 0.2) is 0 Å². The Kier molecular flexibility index (Phi) is 6.04. The smallest absolute Gasteiger partial charge is 0.271 e. The molecule has 5 nitrogen and oxygen atoms in total. The van der Waals surface area contributed by atoms with Crippen molar-refractivity contribution in [1.82, 2.24) is 14.8 Å². The number of carbonyl (C=O) groups is 2. The molecular formula is C27H33N3O2S. The Balaban J connectivity index is 1.46. The molecular weight excluding hydrogens is 430 g/mol. The molecule has 1 fully saturated rings. The molecule has 5 rings (SSSR count). The van der Waals surface area contributed by atoms with Crippen LogP contribution < -0.4 is 5.32 Å². The Labute approximate surface area is 199 Å². The lowest BCUT2D eigenvalue weighted by Crippen LogP contribution is -2.67. The van der Waals surface area contributed by atoms with Gasteiger partial charge in [0.25, 0.3) is 5.91 Å². The van der Waals surface area contributed by atoms with Crippen molar-refractivity contribution in [2.45, 2.75) is 83.0 Å². The van der Waals surface area contributed by atoms with Crippen LogP contribution in [-0.2, 0) is 17.8 Å². The molecule has 1 N–H and O–H groups in total. The van der Waals surface area contributed by atoms with E-state index >= 15 is 0 Å². The number of hydrogen-bond acceptors (Lipinski definition) is 3. The Bertz CT molecular complexity index is 1140. The monoisotopic (exact) mass is 463 g/mol. The molecule has 1 aliphatic carbocycles. The zero-order chi connectivity index (χ0) is 23.0. The van der Waals surface area contributed by atoms with Crippen LogP contribution in [-0.4, -0.2) is 38.9 Å². The topological polar surface area (TPSA) is 54.3 Å². The van der Waals surface area contributed by atoms with Crippen molar-refractivity contribution in [1.29, 1.82) is 0 Å². The lowest BCUT2D eigenvalue weighted by molar-refractivity contribution is -0.135. The number of thiophene rings is 1. The molecule has 6 heteroatoms. The first kappa shape index (κ1) is 22.2. The van der Waals surface area contributed by atoms with Crippen LogP contribution in [0.3, 0.4) is 0 Å². The maximum Gasteiger partial charge on any atom is 0.271 e. The van der Waals surface area contributed by atoms with Crippen LogP contribution >= 0.6 is 11.3 Å². The Hall–Kier alpha value is -2.60. The zero-order valence-corrected chi connectivity index (χ0v) is 20.4. The number of fused-ring (bicyclic) bond motifs is 3. The van der Waals surface area contributed by atoms with E-state index in [0.29, 0.717) is 12.2 Å². The normalized spacial score (nSPS) is 22.4. The standard InChI is InChI=1S/C27H33N3O2S/c1-19(13-14-20-9-5-3-6-10-20)30-25(31)23-17-24-22(15-16-33-24)29(23)18-27(30,2)26(32)28-21-11-7-4-8-12-21/h3,5-6,9-10,15-17,19,21H,4,7-8,11-14,18H2,1-2H3,(H,28,32)/t19-,27+/m0/s1. The third kappa shape index (κ3) is 4.10. The van der Waals surface area contributed by atoms with E-state index in [4.69, 9.17) is 0 Å². The summed E-state index contributed by atoms with van der Waals surface area (Å²) in [4.78, 5) is 29.6. The van der Waals surface area contributed by atoms with Crippen LogP contribution in [0.4, 0.5) is 0 Å². The van der Waals surface area contributed by atoms with E-state index in [1.54, 1.807) is 11.3 Å². The molecule has 0 unspecified atom stereocenters. The van der Waals surface area contributed by atoms with Gasteiger partial charge >= 0.3 is 0 Å². The summed E-state index contributed by atoms with van der Waals surface area (Å²) in [5.74, 6) is -0.0523. The number of aryl methyl sites for hydroxylation is 1. The highest BCUT2D eigenvalue weighted by Crippen LogP contribution is 2.36. The molecule has 0 spiro atoms. The van der Waals surface area contributed by atoms with Crippen LogP contribution in [0.25, 0.3) is 10.2 Å². The molecule has 1 aliphatic heterocycles. The highest BCUT2D eigenvalue weighted by Gasteiger charge is 2.49. The maximum absolute atomic E-state index is 13.9. The second-order valence-electron chi connectivity index (χ2n) is 9.92. The van der Waals surface area contributed by atoms with Gasteiger partial charge in [-0.2, -0.15) is 0 Å². The average Bonchev–Trinajstić information content (AvgIpc) is 3.42. The minimum absolute atomic E-state index is 0.0166. The number of aromatic nitrogens is 1. The molecule has 2 amide bonds. The predicted molar refractivity (Wildman–Crippen MR) is 134 cm³/mol. The first-order chi connectivity index (χ1) is 16.0. The molecule has 33 heavy (non-hydrogen) atoms. The van der Waals surface area contributed by atoms with E-state index in [0.717, 1.165) is 48.7 Å². The third-order valence-electron chi connectivity index (χ3n) is 7.52. The van der Waals surface area contributed by atoms with Crippen LogP contribution in [0.5, 0.6) is 0 Å². The number of nitrogens with one attached hydrogen (secondary N) is 1. The molecule has 3 aromatic rings. The number of nitrogens with zero attached hydrogens (tertiary/aromatic N) is 2. The summed E-state index contributed by atoms with van der Waals surface area (Å²) >= 11 is 1.64. The molecule has 2 aromatic heterocycles. The predicted octanol–water partition coefficient (Wildman–Crippen LogP) is 5.39. The summed E-state index contributed by atoms with van der Waals surface area (Å²) in [6, 6.07) is 14.6. The molecule has 1 saturated carbocycles. The summed E-state index contributed by atoms with van der Waals surface area (Å²) in [6.07, 6.45) is 7.32.